The third-order valence-electron chi connectivity index (χ3n) is 3.02. The number of rotatable bonds is 5. The molecule has 2 aromatic rings. The molecule has 0 aliphatic carbocycles. The van der Waals surface area contributed by atoms with Crippen LogP contribution in [-0.4, -0.2) is 15.5 Å². The Morgan fingerprint density at radius 2 is 1.90 bits per heavy atom. The van der Waals surface area contributed by atoms with Gasteiger partial charge in [0.25, 0.3) is 0 Å². The molecule has 0 saturated carbocycles. The normalized spacial score (nSPS) is 11.1. The Hall–Kier alpha value is -2.25. The first-order chi connectivity index (χ1) is 9.91. The zero-order valence-corrected chi connectivity index (χ0v) is 12.4. The highest BCUT2D eigenvalue weighted by Crippen LogP contribution is 2.24. The zero-order valence-electron chi connectivity index (χ0n) is 11.5. The smallest absolute Gasteiger partial charge is 0.238 e. The molecule has 0 aromatic heterocycles. The van der Waals surface area contributed by atoms with E-state index in [0.29, 0.717) is 17.9 Å². The standard InChI is InChI=1S/C14H17N3O3S/c1-20-14-5-3-2-4-10(14)9-17-13-8-11(21(16,18)19)6-7-12(13)15/h2-8,17H,9,15H2,1H3,(H2,16,18,19). The van der Waals surface area contributed by atoms with Gasteiger partial charge in [-0.25, -0.2) is 13.6 Å². The number of nitrogen functional groups attached to an aromatic ring is 1. The summed E-state index contributed by atoms with van der Waals surface area (Å²) in [7, 11) is -2.17. The maximum absolute atomic E-state index is 11.4. The Labute approximate surface area is 123 Å². The van der Waals surface area contributed by atoms with Gasteiger partial charge in [0.15, 0.2) is 0 Å². The van der Waals surface area contributed by atoms with Gasteiger partial charge in [0.05, 0.1) is 23.4 Å². The van der Waals surface area contributed by atoms with Gasteiger partial charge in [0.2, 0.25) is 10.0 Å². The van der Waals surface area contributed by atoms with Crippen molar-refractivity contribution < 1.29 is 13.2 Å². The molecule has 0 atom stereocenters. The first-order valence-corrected chi connectivity index (χ1v) is 7.74. The van der Waals surface area contributed by atoms with E-state index in [4.69, 9.17) is 15.6 Å². The predicted octanol–water partition coefficient (Wildman–Crippen LogP) is 1.54. The summed E-state index contributed by atoms with van der Waals surface area (Å²) in [4.78, 5) is 0.0132. The van der Waals surface area contributed by atoms with Crippen LogP contribution in [0.15, 0.2) is 47.4 Å². The van der Waals surface area contributed by atoms with Crippen molar-refractivity contribution >= 4 is 21.4 Å². The first kappa shape index (κ1) is 15.1. The van der Waals surface area contributed by atoms with Crippen molar-refractivity contribution in [2.24, 2.45) is 5.14 Å². The molecular weight excluding hydrogens is 290 g/mol. The van der Waals surface area contributed by atoms with Gasteiger partial charge in [0.1, 0.15) is 5.75 Å². The van der Waals surface area contributed by atoms with Crippen LogP contribution in [0, 0.1) is 0 Å². The number of nitrogens with two attached hydrogens (primary N) is 2. The molecule has 112 valence electrons. The summed E-state index contributed by atoms with van der Waals surface area (Å²) in [6.07, 6.45) is 0. The van der Waals surface area contributed by atoms with Crippen molar-refractivity contribution in [1.82, 2.24) is 0 Å². The molecule has 2 aromatic carbocycles. The average molecular weight is 307 g/mol. The molecule has 2 rings (SSSR count). The van der Waals surface area contributed by atoms with Crippen molar-refractivity contribution in [1.29, 1.82) is 0 Å². The van der Waals surface area contributed by atoms with E-state index in [9.17, 15) is 8.42 Å². The number of hydrogen-bond donors (Lipinski definition) is 3. The highest BCUT2D eigenvalue weighted by molar-refractivity contribution is 7.89. The summed E-state index contributed by atoms with van der Waals surface area (Å²) in [6, 6.07) is 11.8. The molecule has 0 bridgehead atoms. The molecule has 21 heavy (non-hydrogen) atoms. The number of benzene rings is 2. The molecule has 5 N–H and O–H groups in total. The minimum Gasteiger partial charge on any atom is -0.496 e. The highest BCUT2D eigenvalue weighted by Gasteiger charge is 2.10. The maximum atomic E-state index is 11.4. The van der Waals surface area contributed by atoms with E-state index in [2.05, 4.69) is 5.32 Å². The summed E-state index contributed by atoms with van der Waals surface area (Å²) in [5.74, 6) is 0.742. The second-order valence-corrected chi connectivity index (χ2v) is 6.02. The monoisotopic (exact) mass is 307 g/mol. The van der Waals surface area contributed by atoms with E-state index in [0.717, 1.165) is 11.3 Å². The van der Waals surface area contributed by atoms with Gasteiger partial charge in [-0.05, 0) is 24.3 Å². The molecule has 7 heteroatoms. The fourth-order valence-electron chi connectivity index (χ4n) is 1.90. The predicted molar refractivity (Wildman–Crippen MR) is 82.5 cm³/mol. The number of hydrogen-bond acceptors (Lipinski definition) is 5. The lowest BCUT2D eigenvalue weighted by Crippen LogP contribution is -2.13. The van der Waals surface area contributed by atoms with Crippen LogP contribution in [0.3, 0.4) is 0 Å². The van der Waals surface area contributed by atoms with Crippen LogP contribution in [-0.2, 0) is 16.6 Å². The molecule has 0 aliphatic heterocycles. The minimum absolute atomic E-state index is 0.0132. The Kier molecular flexibility index (Phi) is 4.35. The maximum Gasteiger partial charge on any atom is 0.238 e. The van der Waals surface area contributed by atoms with Gasteiger partial charge in [-0.15, -0.1) is 0 Å². The molecule has 0 saturated heterocycles. The number of primary sulfonamides is 1. The summed E-state index contributed by atoms with van der Waals surface area (Å²) < 4.78 is 28.0. The first-order valence-electron chi connectivity index (χ1n) is 6.20. The molecule has 0 fully saturated rings. The fraction of sp³-hybridized carbons (Fsp3) is 0.143. The summed E-state index contributed by atoms with van der Waals surface area (Å²) in [6.45, 7) is 0.447. The number of ether oxygens (including phenoxy) is 1. The average Bonchev–Trinajstić information content (AvgIpc) is 2.45. The third-order valence-corrected chi connectivity index (χ3v) is 3.93. The Bertz CT molecular complexity index is 745. The van der Waals surface area contributed by atoms with E-state index in [1.807, 2.05) is 24.3 Å². The van der Waals surface area contributed by atoms with Gasteiger partial charge in [-0.1, -0.05) is 18.2 Å². The zero-order chi connectivity index (χ0) is 15.5. The van der Waals surface area contributed by atoms with Crippen molar-refractivity contribution in [3.8, 4) is 5.75 Å². The number of nitrogens with one attached hydrogen (secondary N) is 1. The van der Waals surface area contributed by atoms with Crippen LogP contribution in [0.2, 0.25) is 0 Å². The van der Waals surface area contributed by atoms with Crippen molar-refractivity contribution in [3.63, 3.8) is 0 Å². The third kappa shape index (κ3) is 3.65. The van der Waals surface area contributed by atoms with Gasteiger partial charge in [-0.2, -0.15) is 0 Å². The van der Waals surface area contributed by atoms with Crippen LogP contribution in [0.1, 0.15) is 5.56 Å². The molecule has 0 amide bonds. The van der Waals surface area contributed by atoms with Crippen LogP contribution < -0.4 is 20.9 Å². The van der Waals surface area contributed by atoms with E-state index in [1.54, 1.807) is 7.11 Å². The van der Waals surface area contributed by atoms with Crippen molar-refractivity contribution in [3.05, 3.63) is 48.0 Å². The molecular formula is C14H17N3O3S. The van der Waals surface area contributed by atoms with Crippen LogP contribution in [0.25, 0.3) is 0 Å². The molecule has 0 spiro atoms. The molecule has 0 heterocycles. The van der Waals surface area contributed by atoms with E-state index in [-0.39, 0.29) is 4.90 Å². The minimum atomic E-state index is -3.76. The number of anilines is 2. The summed E-state index contributed by atoms with van der Waals surface area (Å²) in [5, 5.41) is 8.20. The van der Waals surface area contributed by atoms with Gasteiger partial charge in [0, 0.05) is 12.1 Å². The topological polar surface area (TPSA) is 107 Å². The van der Waals surface area contributed by atoms with Gasteiger partial charge < -0.3 is 15.8 Å². The molecule has 0 unspecified atom stereocenters. The van der Waals surface area contributed by atoms with Gasteiger partial charge >= 0.3 is 0 Å². The molecule has 6 nitrogen and oxygen atoms in total. The van der Waals surface area contributed by atoms with E-state index in [1.165, 1.54) is 18.2 Å². The number of para-hydroxylation sites is 1. The summed E-state index contributed by atoms with van der Waals surface area (Å²) in [5.41, 5.74) is 7.72. The lowest BCUT2D eigenvalue weighted by Gasteiger charge is -2.13. The van der Waals surface area contributed by atoms with Crippen molar-refractivity contribution in [2.75, 3.05) is 18.2 Å². The van der Waals surface area contributed by atoms with E-state index < -0.39 is 10.0 Å². The second kappa shape index (κ2) is 6.02. The van der Waals surface area contributed by atoms with E-state index >= 15 is 0 Å². The highest BCUT2D eigenvalue weighted by atomic mass is 32.2. The van der Waals surface area contributed by atoms with Gasteiger partial charge in [-0.3, -0.25) is 0 Å². The summed E-state index contributed by atoms with van der Waals surface area (Å²) >= 11 is 0. The Morgan fingerprint density at radius 3 is 2.57 bits per heavy atom. The quantitative estimate of drug-likeness (QED) is 0.726. The second-order valence-electron chi connectivity index (χ2n) is 4.46. The number of methoxy groups -OCH3 is 1. The van der Waals surface area contributed by atoms with Crippen LogP contribution in [0.4, 0.5) is 11.4 Å². The lowest BCUT2D eigenvalue weighted by molar-refractivity contribution is 0.410. The molecule has 0 radical (unpaired) electrons. The number of sulfonamides is 1. The fourth-order valence-corrected chi connectivity index (χ4v) is 2.44. The Morgan fingerprint density at radius 1 is 1.19 bits per heavy atom. The largest absolute Gasteiger partial charge is 0.496 e. The molecule has 0 aliphatic rings. The lowest BCUT2D eigenvalue weighted by atomic mass is 10.2. The Balaban J connectivity index is 2.24. The van der Waals surface area contributed by atoms with Crippen LogP contribution in [0.5, 0.6) is 5.75 Å². The SMILES string of the molecule is COc1ccccc1CNc1cc(S(N)(=O)=O)ccc1N. The van der Waals surface area contributed by atoms with Crippen molar-refractivity contribution in [2.45, 2.75) is 11.4 Å². The van der Waals surface area contributed by atoms with Crippen LogP contribution >= 0.6 is 0 Å².